The van der Waals surface area contributed by atoms with E-state index < -0.39 is 12.2 Å². The Balaban J connectivity index is 1.31. The Hall–Kier alpha value is -3.23. The number of rotatable bonds is 5. The van der Waals surface area contributed by atoms with Crippen molar-refractivity contribution in [1.29, 1.82) is 0 Å². The van der Waals surface area contributed by atoms with E-state index in [1.807, 2.05) is 22.9 Å². The van der Waals surface area contributed by atoms with Crippen LogP contribution in [0.25, 0.3) is 21.9 Å². The van der Waals surface area contributed by atoms with Crippen LogP contribution in [0.2, 0.25) is 0 Å². The van der Waals surface area contributed by atoms with Crippen LogP contribution in [0, 0.1) is 5.92 Å². The molecule has 1 aliphatic rings. The Morgan fingerprint density at radius 3 is 2.68 bits per heavy atom. The van der Waals surface area contributed by atoms with E-state index in [1.165, 1.54) is 11.9 Å². The maximum atomic E-state index is 10.8. The third-order valence-corrected chi connectivity index (χ3v) is 6.73. The summed E-state index contributed by atoms with van der Waals surface area (Å²) < 4.78 is 1.92. The number of pyridine rings is 1. The minimum atomic E-state index is -0.860. The van der Waals surface area contributed by atoms with Crippen molar-refractivity contribution in [1.82, 2.24) is 19.5 Å². The van der Waals surface area contributed by atoms with Gasteiger partial charge in [-0.25, -0.2) is 15.0 Å². The molecule has 0 bridgehead atoms. The Kier molecular flexibility index (Phi) is 5.65. The van der Waals surface area contributed by atoms with Crippen molar-refractivity contribution in [2.75, 3.05) is 11.1 Å². The summed E-state index contributed by atoms with van der Waals surface area (Å²) in [6.45, 7) is 6.34. The van der Waals surface area contributed by atoms with Crippen molar-refractivity contribution >= 4 is 33.6 Å². The van der Waals surface area contributed by atoms with Crippen molar-refractivity contribution in [2.24, 2.45) is 5.92 Å². The molecule has 5 rings (SSSR count). The predicted octanol–water partition coefficient (Wildman–Crippen LogP) is 3.69. The predicted molar refractivity (Wildman–Crippen MR) is 135 cm³/mol. The lowest BCUT2D eigenvalue weighted by Gasteiger charge is -2.21. The summed E-state index contributed by atoms with van der Waals surface area (Å²) in [5.74, 6) is 1.26. The number of benzene rings is 1. The van der Waals surface area contributed by atoms with E-state index in [0.29, 0.717) is 17.9 Å². The van der Waals surface area contributed by atoms with Gasteiger partial charge in [-0.1, -0.05) is 12.1 Å². The van der Waals surface area contributed by atoms with Crippen molar-refractivity contribution in [3.05, 3.63) is 54.5 Å². The summed E-state index contributed by atoms with van der Waals surface area (Å²) in [5.41, 5.74) is 8.71. The highest BCUT2D eigenvalue weighted by atomic mass is 16.3. The highest BCUT2D eigenvalue weighted by molar-refractivity contribution is 5.86. The van der Waals surface area contributed by atoms with Gasteiger partial charge in [-0.2, -0.15) is 0 Å². The zero-order valence-electron chi connectivity index (χ0n) is 19.8. The van der Waals surface area contributed by atoms with Crippen LogP contribution in [-0.4, -0.2) is 47.5 Å². The fourth-order valence-electron chi connectivity index (χ4n) is 5.04. The molecule has 4 aromatic rings. The molecule has 178 valence electrons. The molecular weight excluding hydrogens is 428 g/mol. The average molecular weight is 461 g/mol. The van der Waals surface area contributed by atoms with E-state index in [4.69, 9.17) is 10.7 Å². The van der Waals surface area contributed by atoms with Gasteiger partial charge in [0.2, 0.25) is 0 Å². The molecule has 0 spiro atoms. The first-order valence-electron chi connectivity index (χ1n) is 11.8. The molecule has 3 aromatic heterocycles. The second kappa shape index (κ2) is 8.52. The van der Waals surface area contributed by atoms with Crippen LogP contribution in [0.15, 0.2) is 48.9 Å². The van der Waals surface area contributed by atoms with Crippen LogP contribution in [0.5, 0.6) is 0 Å². The zero-order chi connectivity index (χ0) is 24.0. The highest BCUT2D eigenvalue weighted by Gasteiger charge is 2.42. The fraction of sp³-hybridized carbons (Fsp3) is 0.423. The molecule has 0 unspecified atom stereocenters. The number of fused-ring (bicyclic) bond motifs is 2. The summed E-state index contributed by atoms with van der Waals surface area (Å²) in [7, 11) is 0. The number of aromatic nitrogens is 4. The summed E-state index contributed by atoms with van der Waals surface area (Å²) in [5, 5.41) is 26.9. The Morgan fingerprint density at radius 2 is 1.88 bits per heavy atom. The molecule has 8 nitrogen and oxygen atoms in total. The van der Waals surface area contributed by atoms with Crippen LogP contribution in [0.1, 0.15) is 45.2 Å². The third-order valence-electron chi connectivity index (χ3n) is 6.73. The summed E-state index contributed by atoms with van der Waals surface area (Å²) in [6, 6.07) is 12.0. The van der Waals surface area contributed by atoms with E-state index in [9.17, 15) is 10.2 Å². The Labute approximate surface area is 198 Å². The first-order valence-corrected chi connectivity index (χ1v) is 11.8. The van der Waals surface area contributed by atoms with Gasteiger partial charge in [-0.05, 0) is 75.8 Å². The SMILES string of the molecule is CC(C)(C)Nc1ccc2ccc(CC[C@H]3C[C@@H](n4ccc5c(N)ncnc54)[C@H](O)[C@@H]3O)cc2n1. The van der Waals surface area contributed by atoms with Gasteiger partial charge in [0.15, 0.2) is 0 Å². The number of aliphatic hydroxyl groups excluding tert-OH is 2. The van der Waals surface area contributed by atoms with Crippen molar-refractivity contribution < 1.29 is 10.2 Å². The lowest BCUT2D eigenvalue weighted by Crippen LogP contribution is -2.29. The number of aryl methyl sites for hydroxylation is 1. The number of nitrogen functional groups attached to an aromatic ring is 1. The number of hydrogen-bond acceptors (Lipinski definition) is 7. The van der Waals surface area contributed by atoms with Crippen LogP contribution in [0.4, 0.5) is 11.6 Å². The first-order chi connectivity index (χ1) is 16.2. The maximum Gasteiger partial charge on any atom is 0.145 e. The van der Waals surface area contributed by atoms with Gasteiger partial charge in [0.1, 0.15) is 29.7 Å². The van der Waals surface area contributed by atoms with Crippen molar-refractivity contribution in [2.45, 2.75) is 63.8 Å². The molecule has 4 atom stereocenters. The molecule has 1 saturated carbocycles. The normalized spacial score (nSPS) is 23.1. The molecule has 8 heteroatoms. The van der Waals surface area contributed by atoms with Gasteiger partial charge < -0.3 is 25.8 Å². The van der Waals surface area contributed by atoms with E-state index in [-0.39, 0.29) is 17.5 Å². The lowest BCUT2D eigenvalue weighted by atomic mass is 9.95. The minimum absolute atomic E-state index is 0.0193. The summed E-state index contributed by atoms with van der Waals surface area (Å²) in [6.07, 6.45) is 3.90. The van der Waals surface area contributed by atoms with Crippen molar-refractivity contribution in [3.63, 3.8) is 0 Å². The molecule has 1 aliphatic carbocycles. The van der Waals surface area contributed by atoms with E-state index >= 15 is 0 Å². The largest absolute Gasteiger partial charge is 0.390 e. The Morgan fingerprint density at radius 1 is 1.09 bits per heavy atom. The quantitative estimate of drug-likeness (QED) is 0.358. The zero-order valence-corrected chi connectivity index (χ0v) is 19.8. The van der Waals surface area contributed by atoms with Crippen LogP contribution in [0.3, 0.4) is 0 Å². The van der Waals surface area contributed by atoms with Crippen molar-refractivity contribution in [3.8, 4) is 0 Å². The van der Waals surface area contributed by atoms with Crippen LogP contribution >= 0.6 is 0 Å². The number of nitrogens with zero attached hydrogens (tertiary/aromatic N) is 4. The summed E-state index contributed by atoms with van der Waals surface area (Å²) in [4.78, 5) is 13.2. The maximum absolute atomic E-state index is 10.8. The molecule has 0 amide bonds. The monoisotopic (exact) mass is 460 g/mol. The number of hydrogen-bond donors (Lipinski definition) is 4. The fourth-order valence-corrected chi connectivity index (χ4v) is 5.04. The van der Waals surface area contributed by atoms with Crippen LogP contribution < -0.4 is 11.1 Å². The molecule has 1 fully saturated rings. The Bertz CT molecular complexity index is 1330. The molecule has 0 aliphatic heterocycles. The topological polar surface area (TPSA) is 122 Å². The molecule has 34 heavy (non-hydrogen) atoms. The summed E-state index contributed by atoms with van der Waals surface area (Å²) >= 11 is 0. The second-order valence-electron chi connectivity index (χ2n) is 10.4. The molecule has 3 heterocycles. The molecular formula is C26H32N6O2. The van der Waals surface area contributed by atoms with E-state index in [0.717, 1.165) is 34.9 Å². The van der Waals surface area contributed by atoms with Gasteiger partial charge in [-0.3, -0.25) is 0 Å². The lowest BCUT2D eigenvalue weighted by molar-refractivity contribution is 0.00545. The molecule has 1 aromatic carbocycles. The molecule has 0 radical (unpaired) electrons. The third kappa shape index (κ3) is 4.31. The number of anilines is 2. The average Bonchev–Trinajstić information content (AvgIpc) is 3.33. The van der Waals surface area contributed by atoms with Gasteiger partial charge in [0.25, 0.3) is 0 Å². The number of aliphatic hydroxyl groups is 2. The number of nitrogens with two attached hydrogens (primary N) is 1. The van der Waals surface area contributed by atoms with Gasteiger partial charge in [-0.15, -0.1) is 0 Å². The van der Waals surface area contributed by atoms with Gasteiger partial charge in [0, 0.05) is 17.1 Å². The van der Waals surface area contributed by atoms with Gasteiger partial charge >= 0.3 is 0 Å². The number of nitrogens with one attached hydrogen (secondary N) is 1. The smallest absolute Gasteiger partial charge is 0.145 e. The molecule has 5 N–H and O–H groups in total. The van der Waals surface area contributed by atoms with Crippen LogP contribution in [-0.2, 0) is 6.42 Å². The second-order valence-corrected chi connectivity index (χ2v) is 10.4. The van der Waals surface area contributed by atoms with E-state index in [2.05, 4.69) is 60.3 Å². The standard InChI is InChI=1S/C26H32N6O2/c1-26(2,3)31-21-9-8-16-6-4-15(12-19(16)30-21)5-7-17-13-20(23(34)22(17)33)32-11-10-18-24(27)28-14-29-25(18)32/h4,6,8-12,14,17,20,22-23,33-34H,5,7,13H2,1-3H3,(H,30,31)(H2,27,28,29)/t17-,20+,22+,23-/m0/s1. The van der Waals surface area contributed by atoms with Gasteiger partial charge in [0.05, 0.1) is 23.0 Å². The van der Waals surface area contributed by atoms with E-state index in [1.54, 1.807) is 0 Å². The molecule has 0 saturated heterocycles. The minimum Gasteiger partial charge on any atom is -0.390 e. The first kappa shape index (κ1) is 22.6. The highest BCUT2D eigenvalue weighted by Crippen LogP contribution is 2.39.